The topological polar surface area (TPSA) is 62.3 Å². The monoisotopic (exact) mass is 293 g/mol. The Labute approximate surface area is 122 Å². The van der Waals surface area contributed by atoms with Gasteiger partial charge < -0.3 is 10.2 Å². The quantitative estimate of drug-likeness (QED) is 0.902. The van der Waals surface area contributed by atoms with Crippen molar-refractivity contribution in [1.29, 1.82) is 0 Å². The van der Waals surface area contributed by atoms with E-state index in [1.165, 1.54) is 11.3 Å². The highest BCUT2D eigenvalue weighted by Gasteiger charge is 2.49. The molecule has 1 atom stereocenters. The third kappa shape index (κ3) is 2.22. The molecule has 1 saturated carbocycles. The van der Waals surface area contributed by atoms with Crippen LogP contribution in [0.5, 0.6) is 0 Å². The Hall–Kier alpha value is -1.43. The molecule has 3 rings (SSSR count). The van der Waals surface area contributed by atoms with Crippen molar-refractivity contribution in [2.45, 2.75) is 57.2 Å². The summed E-state index contributed by atoms with van der Waals surface area (Å²) in [5.41, 5.74) is 1.11. The predicted octanol–water partition coefficient (Wildman–Crippen LogP) is 1.69. The fourth-order valence-corrected chi connectivity index (χ4v) is 3.77. The summed E-state index contributed by atoms with van der Waals surface area (Å²) in [6.07, 6.45) is 6.47. The van der Waals surface area contributed by atoms with E-state index in [9.17, 15) is 9.59 Å². The molecular formula is C14H19N3O2S. The van der Waals surface area contributed by atoms with Crippen molar-refractivity contribution >= 4 is 23.2 Å². The van der Waals surface area contributed by atoms with Crippen LogP contribution in [0.3, 0.4) is 0 Å². The first-order valence-electron chi connectivity index (χ1n) is 7.13. The van der Waals surface area contributed by atoms with Crippen molar-refractivity contribution in [3.63, 3.8) is 0 Å². The lowest BCUT2D eigenvalue weighted by Gasteiger charge is -2.46. The van der Waals surface area contributed by atoms with Crippen LogP contribution in [0.15, 0.2) is 11.7 Å². The standard InChI is InChI=1S/C14H19N3O2S/c1-10-12(18)16-14(5-3-2-4-6-14)13(19)17(10)8-11-7-15-9-20-11/h7,9-10H,2-6,8H2,1H3,(H,16,18). The van der Waals surface area contributed by atoms with Crippen LogP contribution in [0, 0.1) is 0 Å². The van der Waals surface area contributed by atoms with Gasteiger partial charge >= 0.3 is 0 Å². The highest BCUT2D eigenvalue weighted by atomic mass is 32.1. The summed E-state index contributed by atoms with van der Waals surface area (Å²) >= 11 is 1.52. The second-order valence-electron chi connectivity index (χ2n) is 5.71. The highest BCUT2D eigenvalue weighted by molar-refractivity contribution is 7.09. The van der Waals surface area contributed by atoms with Gasteiger partial charge in [0.15, 0.2) is 0 Å². The molecule has 108 valence electrons. The molecule has 20 heavy (non-hydrogen) atoms. The Morgan fingerprint density at radius 1 is 1.40 bits per heavy atom. The van der Waals surface area contributed by atoms with Crippen molar-refractivity contribution in [1.82, 2.24) is 15.2 Å². The number of thiazole rings is 1. The Morgan fingerprint density at radius 2 is 2.15 bits per heavy atom. The predicted molar refractivity (Wildman–Crippen MR) is 76.1 cm³/mol. The molecule has 1 aliphatic heterocycles. The minimum absolute atomic E-state index is 0.0315. The van der Waals surface area contributed by atoms with Crippen LogP contribution in [-0.2, 0) is 16.1 Å². The molecule has 0 radical (unpaired) electrons. The molecule has 5 nitrogen and oxygen atoms in total. The van der Waals surface area contributed by atoms with E-state index in [-0.39, 0.29) is 11.8 Å². The Morgan fingerprint density at radius 3 is 2.80 bits per heavy atom. The molecular weight excluding hydrogens is 274 g/mol. The SMILES string of the molecule is CC1C(=O)NC2(CCCCC2)C(=O)N1Cc1cncs1. The second kappa shape index (κ2) is 5.16. The number of aromatic nitrogens is 1. The molecule has 1 aromatic rings. The molecule has 1 aliphatic carbocycles. The molecule has 0 bridgehead atoms. The lowest BCUT2D eigenvalue weighted by atomic mass is 9.78. The Balaban J connectivity index is 1.86. The van der Waals surface area contributed by atoms with Gasteiger partial charge in [0.25, 0.3) is 0 Å². The number of nitrogens with one attached hydrogen (secondary N) is 1. The zero-order valence-corrected chi connectivity index (χ0v) is 12.4. The zero-order valence-electron chi connectivity index (χ0n) is 11.6. The highest BCUT2D eigenvalue weighted by Crippen LogP contribution is 2.34. The molecule has 1 aromatic heterocycles. The van der Waals surface area contributed by atoms with E-state index in [2.05, 4.69) is 10.3 Å². The third-order valence-corrected chi connectivity index (χ3v) is 5.16. The van der Waals surface area contributed by atoms with Gasteiger partial charge in [0.05, 0.1) is 12.1 Å². The largest absolute Gasteiger partial charge is 0.340 e. The van der Waals surface area contributed by atoms with Gasteiger partial charge in [0.2, 0.25) is 11.8 Å². The maximum absolute atomic E-state index is 12.9. The second-order valence-corrected chi connectivity index (χ2v) is 6.68. The summed E-state index contributed by atoms with van der Waals surface area (Å²) in [5, 5.41) is 3.00. The van der Waals surface area contributed by atoms with Crippen LogP contribution in [0.4, 0.5) is 0 Å². The molecule has 1 unspecified atom stereocenters. The van der Waals surface area contributed by atoms with Crippen molar-refractivity contribution in [2.24, 2.45) is 0 Å². The van der Waals surface area contributed by atoms with Crippen molar-refractivity contribution < 1.29 is 9.59 Å². The van der Waals surface area contributed by atoms with Crippen LogP contribution >= 0.6 is 11.3 Å². The fraction of sp³-hybridized carbons (Fsp3) is 0.643. The van der Waals surface area contributed by atoms with E-state index >= 15 is 0 Å². The van der Waals surface area contributed by atoms with Crippen LogP contribution in [0.2, 0.25) is 0 Å². The molecule has 2 aliphatic rings. The maximum atomic E-state index is 12.9. The summed E-state index contributed by atoms with van der Waals surface area (Å²) in [6, 6.07) is -0.405. The molecule has 2 heterocycles. The fourth-order valence-electron chi connectivity index (χ4n) is 3.18. The van der Waals surface area contributed by atoms with Gasteiger partial charge in [-0.25, -0.2) is 0 Å². The molecule has 1 saturated heterocycles. The number of hydrogen-bond donors (Lipinski definition) is 1. The molecule has 1 spiro atoms. The minimum Gasteiger partial charge on any atom is -0.340 e. The van der Waals surface area contributed by atoms with Crippen LogP contribution in [0.25, 0.3) is 0 Å². The van der Waals surface area contributed by atoms with Gasteiger partial charge in [-0.3, -0.25) is 14.6 Å². The van der Waals surface area contributed by atoms with Crippen LogP contribution in [0.1, 0.15) is 43.9 Å². The molecule has 1 N–H and O–H groups in total. The summed E-state index contributed by atoms with van der Waals surface area (Å²) in [5.74, 6) is 0.0497. The van der Waals surface area contributed by atoms with E-state index in [1.807, 2.05) is 0 Å². The van der Waals surface area contributed by atoms with Crippen molar-refractivity contribution in [3.8, 4) is 0 Å². The van der Waals surface area contributed by atoms with Crippen molar-refractivity contribution in [2.75, 3.05) is 0 Å². The molecule has 0 aromatic carbocycles. The summed E-state index contributed by atoms with van der Waals surface area (Å²) in [4.78, 5) is 31.9. The number of carbonyl (C=O) groups is 2. The summed E-state index contributed by atoms with van der Waals surface area (Å²) in [6.45, 7) is 2.28. The van der Waals surface area contributed by atoms with Crippen LogP contribution in [-0.4, -0.2) is 33.3 Å². The molecule has 2 fully saturated rings. The maximum Gasteiger partial charge on any atom is 0.249 e. The van der Waals surface area contributed by atoms with Gasteiger partial charge in [-0.05, 0) is 19.8 Å². The number of hydrogen-bond acceptors (Lipinski definition) is 4. The third-order valence-electron chi connectivity index (χ3n) is 4.40. The normalized spacial score (nSPS) is 25.9. The molecule has 2 amide bonds. The first kappa shape index (κ1) is 13.5. The molecule has 6 heteroatoms. The van der Waals surface area contributed by atoms with Gasteiger partial charge in [0, 0.05) is 11.1 Å². The average molecular weight is 293 g/mol. The van der Waals surface area contributed by atoms with E-state index in [0.717, 1.165) is 37.0 Å². The Bertz CT molecular complexity index is 508. The first-order valence-corrected chi connectivity index (χ1v) is 8.01. The number of amides is 2. The minimum atomic E-state index is -0.646. The van der Waals surface area contributed by atoms with E-state index in [0.29, 0.717) is 6.54 Å². The Kier molecular flexibility index (Phi) is 3.50. The average Bonchev–Trinajstić information content (AvgIpc) is 2.96. The van der Waals surface area contributed by atoms with Crippen LogP contribution < -0.4 is 5.32 Å². The number of nitrogens with zero attached hydrogens (tertiary/aromatic N) is 2. The van der Waals surface area contributed by atoms with Gasteiger partial charge in [0.1, 0.15) is 11.6 Å². The van der Waals surface area contributed by atoms with Crippen molar-refractivity contribution in [3.05, 3.63) is 16.6 Å². The van der Waals surface area contributed by atoms with E-state index in [1.54, 1.807) is 23.5 Å². The van der Waals surface area contributed by atoms with Gasteiger partial charge in [-0.1, -0.05) is 19.3 Å². The van der Waals surface area contributed by atoms with Gasteiger partial charge in [-0.15, -0.1) is 11.3 Å². The summed E-state index contributed by atoms with van der Waals surface area (Å²) in [7, 11) is 0. The lowest BCUT2D eigenvalue weighted by molar-refractivity contribution is -0.156. The zero-order chi connectivity index (χ0) is 14.2. The number of rotatable bonds is 2. The summed E-state index contributed by atoms with van der Waals surface area (Å²) < 4.78 is 0. The smallest absolute Gasteiger partial charge is 0.249 e. The van der Waals surface area contributed by atoms with E-state index in [4.69, 9.17) is 0 Å². The lowest BCUT2D eigenvalue weighted by Crippen LogP contribution is -2.69. The van der Waals surface area contributed by atoms with E-state index < -0.39 is 11.6 Å². The van der Waals surface area contributed by atoms with Gasteiger partial charge in [-0.2, -0.15) is 0 Å². The number of piperazine rings is 1. The first-order chi connectivity index (χ1) is 9.62. The number of carbonyl (C=O) groups excluding carboxylic acids is 2.